The van der Waals surface area contributed by atoms with E-state index in [1.165, 1.54) is 5.56 Å². The van der Waals surface area contributed by atoms with Crippen LogP contribution in [-0.4, -0.2) is 24.5 Å². The number of benzene rings is 1. The van der Waals surface area contributed by atoms with Crippen molar-refractivity contribution in [3.8, 4) is 0 Å². The second-order valence-corrected chi connectivity index (χ2v) is 5.53. The summed E-state index contributed by atoms with van der Waals surface area (Å²) in [6.07, 6.45) is 2.00. The molecule has 0 bridgehead atoms. The van der Waals surface area contributed by atoms with Crippen molar-refractivity contribution in [3.63, 3.8) is 0 Å². The fourth-order valence-electron chi connectivity index (χ4n) is 2.85. The number of rotatable bonds is 2. The van der Waals surface area contributed by atoms with Crippen molar-refractivity contribution in [2.75, 3.05) is 6.54 Å². The molecular formula is C15H20N2O2. The average Bonchev–Trinajstić information content (AvgIpc) is 2.85. The number of nitrogens with one attached hydrogen (secondary N) is 2. The largest absolute Gasteiger partial charge is 0.372 e. The van der Waals surface area contributed by atoms with Gasteiger partial charge >= 0.3 is 0 Å². The fraction of sp³-hybridized carbons (Fsp3) is 0.533. The van der Waals surface area contributed by atoms with Crippen molar-refractivity contribution in [3.05, 3.63) is 34.9 Å². The molecule has 19 heavy (non-hydrogen) atoms. The third-order valence-electron chi connectivity index (χ3n) is 3.94. The van der Waals surface area contributed by atoms with Crippen molar-refractivity contribution < 1.29 is 9.53 Å². The summed E-state index contributed by atoms with van der Waals surface area (Å²) in [5, 5.41) is 6.53. The lowest BCUT2D eigenvalue weighted by molar-refractivity contribution is 0.0925. The van der Waals surface area contributed by atoms with Crippen LogP contribution in [0.1, 0.15) is 41.3 Å². The van der Waals surface area contributed by atoms with Crippen molar-refractivity contribution in [1.29, 1.82) is 0 Å². The maximum Gasteiger partial charge on any atom is 0.251 e. The van der Waals surface area contributed by atoms with E-state index in [0.29, 0.717) is 19.3 Å². The molecule has 1 fully saturated rings. The van der Waals surface area contributed by atoms with E-state index in [-0.39, 0.29) is 11.9 Å². The minimum atomic E-state index is 0.0359. The maximum absolute atomic E-state index is 12.2. The molecule has 2 unspecified atom stereocenters. The first-order valence-corrected chi connectivity index (χ1v) is 6.96. The third-order valence-corrected chi connectivity index (χ3v) is 3.94. The molecule has 2 atom stereocenters. The Morgan fingerprint density at radius 1 is 1.37 bits per heavy atom. The Bertz CT molecular complexity index is 487. The van der Waals surface area contributed by atoms with Crippen LogP contribution in [0.5, 0.6) is 0 Å². The molecule has 2 N–H and O–H groups in total. The zero-order valence-electron chi connectivity index (χ0n) is 11.2. The maximum atomic E-state index is 12.2. The standard InChI is InChI=1S/C15H20N2O2/c1-10-6-14(4-5-16-10)17-15(18)11-2-3-12-8-19-9-13(12)7-11/h2-3,7,10,14,16H,4-6,8-9H2,1H3,(H,17,18). The molecule has 4 heteroatoms. The van der Waals surface area contributed by atoms with E-state index in [2.05, 4.69) is 17.6 Å². The van der Waals surface area contributed by atoms with E-state index in [4.69, 9.17) is 4.74 Å². The Labute approximate surface area is 113 Å². The van der Waals surface area contributed by atoms with E-state index in [0.717, 1.165) is 30.5 Å². The van der Waals surface area contributed by atoms with Crippen LogP contribution in [0.2, 0.25) is 0 Å². The minimum Gasteiger partial charge on any atom is -0.372 e. The van der Waals surface area contributed by atoms with Gasteiger partial charge in [0, 0.05) is 17.6 Å². The van der Waals surface area contributed by atoms with E-state index in [9.17, 15) is 4.79 Å². The Morgan fingerprint density at radius 3 is 3.05 bits per heavy atom. The molecule has 0 aromatic heterocycles. The molecule has 102 valence electrons. The predicted octanol–water partition coefficient (Wildman–Crippen LogP) is 1.59. The van der Waals surface area contributed by atoms with Gasteiger partial charge in [-0.05, 0) is 49.6 Å². The molecule has 4 nitrogen and oxygen atoms in total. The van der Waals surface area contributed by atoms with Gasteiger partial charge in [0.1, 0.15) is 0 Å². The second kappa shape index (κ2) is 5.31. The monoisotopic (exact) mass is 260 g/mol. The molecule has 2 aliphatic rings. The van der Waals surface area contributed by atoms with Crippen LogP contribution in [0.25, 0.3) is 0 Å². The predicted molar refractivity (Wildman–Crippen MR) is 72.9 cm³/mol. The van der Waals surface area contributed by atoms with Gasteiger partial charge in [0.15, 0.2) is 0 Å². The smallest absolute Gasteiger partial charge is 0.251 e. The number of fused-ring (bicyclic) bond motifs is 1. The number of ether oxygens (including phenoxy) is 1. The number of piperidine rings is 1. The Hall–Kier alpha value is -1.39. The van der Waals surface area contributed by atoms with Gasteiger partial charge in [0.25, 0.3) is 5.91 Å². The quantitative estimate of drug-likeness (QED) is 0.849. The lowest BCUT2D eigenvalue weighted by Gasteiger charge is -2.28. The van der Waals surface area contributed by atoms with Crippen molar-refractivity contribution in [2.45, 2.75) is 45.1 Å². The van der Waals surface area contributed by atoms with Gasteiger partial charge < -0.3 is 15.4 Å². The van der Waals surface area contributed by atoms with Gasteiger partial charge in [0.05, 0.1) is 13.2 Å². The lowest BCUT2D eigenvalue weighted by Crippen LogP contribution is -2.46. The molecule has 0 radical (unpaired) electrons. The fourth-order valence-corrected chi connectivity index (χ4v) is 2.85. The van der Waals surface area contributed by atoms with Crippen LogP contribution in [0, 0.1) is 0 Å². The number of hydrogen-bond donors (Lipinski definition) is 2. The second-order valence-electron chi connectivity index (χ2n) is 5.53. The topological polar surface area (TPSA) is 50.4 Å². The van der Waals surface area contributed by atoms with Crippen LogP contribution in [-0.2, 0) is 18.0 Å². The third kappa shape index (κ3) is 2.80. The van der Waals surface area contributed by atoms with Crippen molar-refractivity contribution in [1.82, 2.24) is 10.6 Å². The van der Waals surface area contributed by atoms with Gasteiger partial charge in [-0.25, -0.2) is 0 Å². The first-order valence-electron chi connectivity index (χ1n) is 6.96. The summed E-state index contributed by atoms with van der Waals surface area (Å²) in [5.74, 6) is 0.0359. The molecule has 0 saturated carbocycles. The summed E-state index contributed by atoms with van der Waals surface area (Å²) >= 11 is 0. The Kier molecular flexibility index (Phi) is 3.53. The van der Waals surface area contributed by atoms with Gasteiger partial charge in [-0.2, -0.15) is 0 Å². The zero-order valence-corrected chi connectivity index (χ0v) is 11.2. The summed E-state index contributed by atoms with van der Waals surface area (Å²) in [7, 11) is 0. The molecule has 2 heterocycles. The van der Waals surface area contributed by atoms with E-state index in [1.807, 2.05) is 18.2 Å². The zero-order chi connectivity index (χ0) is 13.2. The number of carbonyl (C=O) groups excluding carboxylic acids is 1. The molecule has 1 aromatic carbocycles. The SMILES string of the molecule is CC1CC(NC(=O)c2ccc3c(c2)COC3)CCN1. The summed E-state index contributed by atoms with van der Waals surface area (Å²) in [6.45, 7) is 4.43. The average molecular weight is 260 g/mol. The van der Waals surface area contributed by atoms with Crippen molar-refractivity contribution in [2.24, 2.45) is 0 Å². The van der Waals surface area contributed by atoms with E-state index >= 15 is 0 Å². The van der Waals surface area contributed by atoms with Crippen LogP contribution < -0.4 is 10.6 Å². The van der Waals surface area contributed by atoms with Gasteiger partial charge in [0.2, 0.25) is 0 Å². The van der Waals surface area contributed by atoms with Crippen LogP contribution in [0.15, 0.2) is 18.2 Å². The van der Waals surface area contributed by atoms with Gasteiger partial charge in [-0.1, -0.05) is 6.07 Å². The number of carbonyl (C=O) groups is 1. The van der Waals surface area contributed by atoms with Crippen LogP contribution >= 0.6 is 0 Å². The van der Waals surface area contributed by atoms with Crippen molar-refractivity contribution >= 4 is 5.91 Å². The highest BCUT2D eigenvalue weighted by molar-refractivity contribution is 5.94. The lowest BCUT2D eigenvalue weighted by atomic mass is 9.99. The highest BCUT2D eigenvalue weighted by Crippen LogP contribution is 2.21. The molecule has 1 amide bonds. The molecule has 1 aromatic rings. The molecule has 3 rings (SSSR count). The van der Waals surface area contributed by atoms with Crippen LogP contribution in [0.4, 0.5) is 0 Å². The number of hydrogen-bond acceptors (Lipinski definition) is 3. The highest BCUT2D eigenvalue weighted by atomic mass is 16.5. The summed E-state index contributed by atoms with van der Waals surface area (Å²) in [4.78, 5) is 12.2. The molecule has 1 saturated heterocycles. The molecular weight excluding hydrogens is 240 g/mol. The Balaban J connectivity index is 1.67. The van der Waals surface area contributed by atoms with E-state index < -0.39 is 0 Å². The molecule has 0 aliphatic carbocycles. The van der Waals surface area contributed by atoms with Crippen LogP contribution in [0.3, 0.4) is 0 Å². The summed E-state index contributed by atoms with van der Waals surface area (Å²) < 4.78 is 5.37. The highest BCUT2D eigenvalue weighted by Gasteiger charge is 2.21. The van der Waals surface area contributed by atoms with Gasteiger partial charge in [-0.3, -0.25) is 4.79 Å². The molecule has 2 aliphatic heterocycles. The number of amides is 1. The first-order chi connectivity index (χ1) is 9.22. The molecule has 0 spiro atoms. The first kappa shape index (κ1) is 12.6. The van der Waals surface area contributed by atoms with Gasteiger partial charge in [-0.15, -0.1) is 0 Å². The van der Waals surface area contributed by atoms with E-state index in [1.54, 1.807) is 0 Å². The summed E-state index contributed by atoms with van der Waals surface area (Å²) in [5.41, 5.74) is 3.09. The summed E-state index contributed by atoms with van der Waals surface area (Å²) in [6, 6.07) is 6.62. The normalized spacial score (nSPS) is 25.9. The minimum absolute atomic E-state index is 0.0359. The Morgan fingerprint density at radius 2 is 2.21 bits per heavy atom.